The Bertz CT molecular complexity index is 566. The van der Waals surface area contributed by atoms with E-state index in [0.717, 1.165) is 16.3 Å². The first-order valence-corrected chi connectivity index (χ1v) is 7.10. The first kappa shape index (κ1) is 14.0. The Labute approximate surface area is 121 Å². The van der Waals surface area contributed by atoms with Crippen LogP contribution in [0.5, 0.6) is 0 Å². The van der Waals surface area contributed by atoms with Gasteiger partial charge in [-0.05, 0) is 12.1 Å². The van der Waals surface area contributed by atoms with Crippen molar-refractivity contribution < 1.29 is 4.79 Å². The standard InChI is InChI=1S/C13H14ClN3OS/c1-17(2)16-12(18)9-3-5-10(6-4-9)13-15-11(7-14)8-19-13/h3-6,8H,7H2,1-2H3,(H,16,18). The lowest BCUT2D eigenvalue weighted by Gasteiger charge is -2.11. The van der Waals surface area contributed by atoms with Crippen molar-refractivity contribution in [2.75, 3.05) is 14.1 Å². The van der Waals surface area contributed by atoms with Gasteiger partial charge in [0.05, 0.1) is 11.6 Å². The molecule has 6 heteroatoms. The molecule has 1 aromatic carbocycles. The van der Waals surface area contributed by atoms with Crippen molar-refractivity contribution in [3.05, 3.63) is 40.9 Å². The number of carbonyl (C=O) groups is 1. The van der Waals surface area contributed by atoms with E-state index in [1.165, 1.54) is 0 Å². The first-order valence-electron chi connectivity index (χ1n) is 5.69. The summed E-state index contributed by atoms with van der Waals surface area (Å²) in [7, 11) is 3.55. The molecule has 19 heavy (non-hydrogen) atoms. The topological polar surface area (TPSA) is 45.2 Å². The molecule has 2 rings (SSSR count). The average molecular weight is 296 g/mol. The lowest BCUT2D eigenvalue weighted by molar-refractivity contribution is 0.0857. The molecule has 0 saturated heterocycles. The van der Waals surface area contributed by atoms with Gasteiger partial charge in [-0.3, -0.25) is 10.2 Å². The molecule has 0 fully saturated rings. The molecule has 0 atom stereocenters. The number of aromatic nitrogens is 1. The van der Waals surface area contributed by atoms with Gasteiger partial charge < -0.3 is 0 Å². The lowest BCUT2D eigenvalue weighted by atomic mass is 10.1. The van der Waals surface area contributed by atoms with E-state index >= 15 is 0 Å². The van der Waals surface area contributed by atoms with Crippen LogP contribution < -0.4 is 5.43 Å². The molecule has 1 amide bonds. The number of hydrogen-bond acceptors (Lipinski definition) is 4. The van der Waals surface area contributed by atoms with Gasteiger partial charge in [0.15, 0.2) is 0 Å². The molecule has 0 unspecified atom stereocenters. The lowest BCUT2D eigenvalue weighted by Crippen LogP contribution is -2.36. The Hall–Kier alpha value is -1.43. The monoisotopic (exact) mass is 295 g/mol. The largest absolute Gasteiger partial charge is 0.285 e. The van der Waals surface area contributed by atoms with Gasteiger partial charge in [0.2, 0.25) is 0 Å². The van der Waals surface area contributed by atoms with Gasteiger partial charge in [-0.25, -0.2) is 9.99 Å². The maximum absolute atomic E-state index is 11.8. The van der Waals surface area contributed by atoms with Crippen molar-refractivity contribution in [1.29, 1.82) is 0 Å². The molecule has 0 aliphatic carbocycles. The van der Waals surface area contributed by atoms with Crippen molar-refractivity contribution >= 4 is 28.8 Å². The maximum atomic E-state index is 11.8. The predicted octanol–water partition coefficient (Wildman–Crippen LogP) is 2.76. The summed E-state index contributed by atoms with van der Waals surface area (Å²) in [5.74, 6) is 0.289. The second-order valence-corrected chi connectivity index (χ2v) is 5.32. The number of nitrogens with zero attached hydrogens (tertiary/aromatic N) is 2. The zero-order valence-corrected chi connectivity index (χ0v) is 12.3. The van der Waals surface area contributed by atoms with E-state index in [0.29, 0.717) is 11.4 Å². The third kappa shape index (κ3) is 3.53. The first-order chi connectivity index (χ1) is 9.10. The van der Waals surface area contributed by atoms with E-state index < -0.39 is 0 Å². The van der Waals surface area contributed by atoms with Gasteiger partial charge in [0.1, 0.15) is 5.01 Å². The minimum Gasteiger partial charge on any atom is -0.285 e. The third-order valence-electron chi connectivity index (χ3n) is 2.41. The van der Waals surface area contributed by atoms with Crippen LogP contribution in [0.2, 0.25) is 0 Å². The molecule has 0 bridgehead atoms. The molecular formula is C13H14ClN3OS. The van der Waals surface area contributed by atoms with Gasteiger partial charge >= 0.3 is 0 Å². The minimum atomic E-state index is -0.128. The summed E-state index contributed by atoms with van der Waals surface area (Å²) in [6.07, 6.45) is 0. The third-order valence-corrected chi connectivity index (χ3v) is 3.62. The van der Waals surface area contributed by atoms with Crippen molar-refractivity contribution in [3.63, 3.8) is 0 Å². The molecule has 4 nitrogen and oxygen atoms in total. The second-order valence-electron chi connectivity index (χ2n) is 4.19. The molecule has 0 radical (unpaired) electrons. The number of carbonyl (C=O) groups excluding carboxylic acids is 1. The van der Waals surface area contributed by atoms with Crippen LogP contribution in [0.4, 0.5) is 0 Å². The average Bonchev–Trinajstić information content (AvgIpc) is 2.87. The molecule has 0 aliphatic rings. The fourth-order valence-corrected chi connectivity index (χ4v) is 2.59. The molecule has 100 valence electrons. The zero-order valence-electron chi connectivity index (χ0n) is 10.7. The Morgan fingerprint density at radius 2 is 2.05 bits per heavy atom. The zero-order chi connectivity index (χ0) is 13.8. The van der Waals surface area contributed by atoms with Crippen molar-refractivity contribution in [3.8, 4) is 10.6 Å². The van der Waals surface area contributed by atoms with Crippen molar-refractivity contribution in [2.24, 2.45) is 0 Å². The number of amides is 1. The highest BCUT2D eigenvalue weighted by molar-refractivity contribution is 7.13. The Kier molecular flexibility index (Phi) is 4.52. The maximum Gasteiger partial charge on any atom is 0.265 e. The van der Waals surface area contributed by atoms with Crippen LogP contribution in [0.3, 0.4) is 0 Å². The van der Waals surface area contributed by atoms with E-state index in [-0.39, 0.29) is 5.91 Å². The molecule has 0 aliphatic heterocycles. The summed E-state index contributed by atoms with van der Waals surface area (Å²) in [5, 5.41) is 4.47. The van der Waals surface area contributed by atoms with Crippen LogP contribution >= 0.6 is 22.9 Å². The quantitative estimate of drug-likeness (QED) is 0.697. The fourth-order valence-electron chi connectivity index (χ4n) is 1.53. The van der Waals surface area contributed by atoms with Crippen molar-refractivity contribution in [1.82, 2.24) is 15.4 Å². The molecule has 2 aromatic rings. The van der Waals surface area contributed by atoms with Gasteiger partial charge in [-0.1, -0.05) is 12.1 Å². The van der Waals surface area contributed by atoms with Crippen LogP contribution in [0.1, 0.15) is 16.1 Å². The number of halogens is 1. The van der Waals surface area contributed by atoms with Gasteiger partial charge in [0.25, 0.3) is 5.91 Å². The van der Waals surface area contributed by atoms with Crippen LogP contribution in [0, 0.1) is 0 Å². The summed E-state index contributed by atoms with van der Waals surface area (Å²) in [6.45, 7) is 0. The minimum absolute atomic E-state index is 0.128. The summed E-state index contributed by atoms with van der Waals surface area (Å²) < 4.78 is 0. The number of alkyl halides is 1. The highest BCUT2D eigenvalue weighted by atomic mass is 35.5. The molecule has 1 aromatic heterocycles. The number of nitrogens with one attached hydrogen (secondary N) is 1. The Balaban J connectivity index is 2.16. The number of hydrogen-bond donors (Lipinski definition) is 1. The summed E-state index contributed by atoms with van der Waals surface area (Å²) >= 11 is 7.28. The number of benzene rings is 1. The smallest absolute Gasteiger partial charge is 0.265 e. The Morgan fingerprint density at radius 1 is 1.37 bits per heavy atom. The summed E-state index contributed by atoms with van der Waals surface area (Å²) in [5.41, 5.74) is 5.17. The fraction of sp³-hybridized carbons (Fsp3) is 0.231. The van der Waals surface area contributed by atoms with E-state index in [9.17, 15) is 4.79 Å². The molecule has 0 spiro atoms. The Morgan fingerprint density at radius 3 is 2.58 bits per heavy atom. The molecular weight excluding hydrogens is 282 g/mol. The highest BCUT2D eigenvalue weighted by Gasteiger charge is 2.08. The molecule has 0 saturated carbocycles. The van der Waals surface area contributed by atoms with Gasteiger partial charge in [-0.15, -0.1) is 22.9 Å². The van der Waals surface area contributed by atoms with Gasteiger partial charge in [-0.2, -0.15) is 0 Å². The van der Waals surface area contributed by atoms with Crippen LogP contribution in [-0.2, 0) is 5.88 Å². The molecule has 1 heterocycles. The van der Waals surface area contributed by atoms with Gasteiger partial charge in [0, 0.05) is 30.6 Å². The SMILES string of the molecule is CN(C)NC(=O)c1ccc(-c2nc(CCl)cs2)cc1. The molecule has 1 N–H and O–H groups in total. The van der Waals surface area contributed by atoms with E-state index in [1.54, 1.807) is 42.6 Å². The second kappa shape index (κ2) is 6.14. The number of rotatable bonds is 4. The van der Waals surface area contributed by atoms with E-state index in [2.05, 4.69) is 10.4 Å². The summed E-state index contributed by atoms with van der Waals surface area (Å²) in [6, 6.07) is 7.36. The number of thiazole rings is 1. The normalized spacial score (nSPS) is 10.7. The van der Waals surface area contributed by atoms with Crippen LogP contribution in [0.25, 0.3) is 10.6 Å². The van der Waals surface area contributed by atoms with E-state index in [1.807, 2.05) is 17.5 Å². The van der Waals surface area contributed by atoms with Crippen LogP contribution in [-0.4, -0.2) is 30.0 Å². The van der Waals surface area contributed by atoms with E-state index in [4.69, 9.17) is 11.6 Å². The van der Waals surface area contributed by atoms with Crippen LogP contribution in [0.15, 0.2) is 29.6 Å². The number of hydrazine groups is 1. The highest BCUT2D eigenvalue weighted by Crippen LogP contribution is 2.24. The predicted molar refractivity (Wildman–Crippen MR) is 78.3 cm³/mol. The summed E-state index contributed by atoms with van der Waals surface area (Å²) in [4.78, 5) is 16.2. The van der Waals surface area contributed by atoms with Crippen molar-refractivity contribution in [2.45, 2.75) is 5.88 Å².